The van der Waals surface area contributed by atoms with Crippen LogP contribution < -0.4 is 5.32 Å². The van der Waals surface area contributed by atoms with E-state index in [9.17, 15) is 0 Å². The monoisotopic (exact) mass is 209 g/mol. The van der Waals surface area contributed by atoms with Crippen LogP contribution in [0.15, 0.2) is 12.5 Å². The SMILES string of the molecule is CCCNCc1cncn1CC(C)CC. The van der Waals surface area contributed by atoms with Gasteiger partial charge in [-0.1, -0.05) is 27.2 Å². The summed E-state index contributed by atoms with van der Waals surface area (Å²) in [6.07, 6.45) is 6.31. The Morgan fingerprint density at radius 3 is 2.93 bits per heavy atom. The van der Waals surface area contributed by atoms with Crippen molar-refractivity contribution in [1.82, 2.24) is 14.9 Å². The summed E-state index contributed by atoms with van der Waals surface area (Å²) in [4.78, 5) is 4.21. The lowest BCUT2D eigenvalue weighted by atomic mass is 10.1. The first-order valence-corrected chi connectivity index (χ1v) is 5.97. The first-order valence-electron chi connectivity index (χ1n) is 5.97. The maximum Gasteiger partial charge on any atom is 0.0948 e. The molecule has 1 aromatic heterocycles. The highest BCUT2D eigenvalue weighted by Gasteiger charge is 2.04. The molecule has 0 aliphatic carbocycles. The van der Waals surface area contributed by atoms with E-state index in [0.717, 1.165) is 25.6 Å². The topological polar surface area (TPSA) is 29.9 Å². The van der Waals surface area contributed by atoms with Gasteiger partial charge in [-0.3, -0.25) is 0 Å². The molecule has 0 saturated heterocycles. The number of hydrogen-bond acceptors (Lipinski definition) is 2. The zero-order valence-corrected chi connectivity index (χ0v) is 10.2. The normalized spacial score (nSPS) is 13.0. The summed E-state index contributed by atoms with van der Waals surface area (Å²) in [7, 11) is 0. The zero-order valence-electron chi connectivity index (χ0n) is 10.2. The Morgan fingerprint density at radius 2 is 2.27 bits per heavy atom. The van der Waals surface area contributed by atoms with E-state index >= 15 is 0 Å². The van der Waals surface area contributed by atoms with E-state index < -0.39 is 0 Å². The molecule has 0 bridgehead atoms. The summed E-state index contributed by atoms with van der Waals surface area (Å²) in [5.74, 6) is 0.726. The van der Waals surface area contributed by atoms with E-state index in [1.165, 1.54) is 18.5 Å². The molecule has 86 valence electrons. The highest BCUT2D eigenvalue weighted by molar-refractivity contribution is 4.98. The average Bonchev–Trinajstić information content (AvgIpc) is 2.66. The average molecular weight is 209 g/mol. The highest BCUT2D eigenvalue weighted by Crippen LogP contribution is 2.07. The van der Waals surface area contributed by atoms with Gasteiger partial charge in [0.15, 0.2) is 0 Å². The zero-order chi connectivity index (χ0) is 11.1. The van der Waals surface area contributed by atoms with E-state index in [1.807, 2.05) is 12.5 Å². The van der Waals surface area contributed by atoms with E-state index in [1.54, 1.807) is 0 Å². The van der Waals surface area contributed by atoms with Crippen LogP contribution in [0.5, 0.6) is 0 Å². The molecule has 3 heteroatoms. The van der Waals surface area contributed by atoms with Gasteiger partial charge in [-0.25, -0.2) is 4.98 Å². The van der Waals surface area contributed by atoms with Crippen LogP contribution in [0.4, 0.5) is 0 Å². The Kier molecular flexibility index (Phi) is 5.40. The van der Waals surface area contributed by atoms with Gasteiger partial charge < -0.3 is 9.88 Å². The second kappa shape index (κ2) is 6.62. The van der Waals surface area contributed by atoms with Crippen molar-refractivity contribution >= 4 is 0 Å². The fourth-order valence-electron chi connectivity index (χ4n) is 1.52. The first-order chi connectivity index (χ1) is 7.27. The predicted molar refractivity (Wildman–Crippen MR) is 63.7 cm³/mol. The number of hydrogen-bond donors (Lipinski definition) is 1. The van der Waals surface area contributed by atoms with Crippen LogP contribution in [0.25, 0.3) is 0 Å². The van der Waals surface area contributed by atoms with Gasteiger partial charge in [0.05, 0.1) is 12.0 Å². The van der Waals surface area contributed by atoms with Crippen molar-refractivity contribution in [2.45, 2.75) is 46.7 Å². The van der Waals surface area contributed by atoms with Gasteiger partial charge in [-0.15, -0.1) is 0 Å². The molecular weight excluding hydrogens is 186 g/mol. The van der Waals surface area contributed by atoms with Crippen molar-refractivity contribution in [2.24, 2.45) is 5.92 Å². The van der Waals surface area contributed by atoms with Crippen LogP contribution in [0.1, 0.15) is 39.3 Å². The molecule has 0 radical (unpaired) electrons. The van der Waals surface area contributed by atoms with Crippen molar-refractivity contribution in [3.05, 3.63) is 18.2 Å². The summed E-state index contributed by atoms with van der Waals surface area (Å²) >= 11 is 0. The molecule has 0 aromatic carbocycles. The number of nitrogens with zero attached hydrogens (tertiary/aromatic N) is 2. The maximum absolute atomic E-state index is 4.21. The van der Waals surface area contributed by atoms with Gasteiger partial charge in [-0.05, 0) is 18.9 Å². The lowest BCUT2D eigenvalue weighted by Crippen LogP contribution is -2.18. The van der Waals surface area contributed by atoms with E-state index in [0.29, 0.717) is 0 Å². The van der Waals surface area contributed by atoms with Gasteiger partial charge in [0.25, 0.3) is 0 Å². The summed E-state index contributed by atoms with van der Waals surface area (Å²) in [5.41, 5.74) is 1.30. The van der Waals surface area contributed by atoms with Crippen molar-refractivity contribution in [3.63, 3.8) is 0 Å². The summed E-state index contributed by atoms with van der Waals surface area (Å²) in [6, 6.07) is 0. The molecule has 0 amide bonds. The van der Waals surface area contributed by atoms with Crippen molar-refractivity contribution < 1.29 is 0 Å². The number of rotatable bonds is 7. The lowest BCUT2D eigenvalue weighted by Gasteiger charge is -2.12. The molecule has 1 rings (SSSR count). The Bertz CT molecular complexity index is 268. The summed E-state index contributed by atoms with van der Waals surface area (Å²) < 4.78 is 2.26. The summed E-state index contributed by atoms with van der Waals surface area (Å²) in [6.45, 7) is 9.79. The smallest absolute Gasteiger partial charge is 0.0948 e. The number of aromatic nitrogens is 2. The van der Waals surface area contributed by atoms with Gasteiger partial charge in [0.2, 0.25) is 0 Å². The fraction of sp³-hybridized carbons (Fsp3) is 0.750. The van der Waals surface area contributed by atoms with E-state index in [-0.39, 0.29) is 0 Å². The number of nitrogens with one attached hydrogen (secondary N) is 1. The molecule has 3 nitrogen and oxygen atoms in total. The Hall–Kier alpha value is -0.830. The summed E-state index contributed by atoms with van der Waals surface area (Å²) in [5, 5.41) is 3.41. The lowest BCUT2D eigenvalue weighted by molar-refractivity contribution is 0.454. The second-order valence-corrected chi connectivity index (χ2v) is 4.23. The van der Waals surface area contributed by atoms with Crippen LogP contribution in [-0.4, -0.2) is 16.1 Å². The molecule has 0 fully saturated rings. The largest absolute Gasteiger partial charge is 0.333 e. The second-order valence-electron chi connectivity index (χ2n) is 4.23. The molecule has 0 aliphatic heterocycles. The predicted octanol–water partition coefficient (Wildman–Crippen LogP) is 2.43. The van der Waals surface area contributed by atoms with Crippen molar-refractivity contribution in [3.8, 4) is 0 Å². The fourth-order valence-corrected chi connectivity index (χ4v) is 1.52. The third-order valence-corrected chi connectivity index (χ3v) is 2.74. The molecule has 0 saturated carbocycles. The molecule has 1 aromatic rings. The van der Waals surface area contributed by atoms with E-state index in [2.05, 4.69) is 35.6 Å². The molecule has 1 heterocycles. The van der Waals surface area contributed by atoms with E-state index in [4.69, 9.17) is 0 Å². The highest BCUT2D eigenvalue weighted by atomic mass is 15.1. The van der Waals surface area contributed by atoms with Crippen LogP contribution in [-0.2, 0) is 13.1 Å². The molecule has 1 N–H and O–H groups in total. The minimum atomic E-state index is 0.726. The molecule has 0 aliphatic rings. The van der Waals surface area contributed by atoms with Crippen molar-refractivity contribution in [1.29, 1.82) is 0 Å². The molecule has 15 heavy (non-hydrogen) atoms. The van der Waals surface area contributed by atoms with Crippen LogP contribution in [0.3, 0.4) is 0 Å². The van der Waals surface area contributed by atoms with Gasteiger partial charge in [0.1, 0.15) is 0 Å². The molecular formula is C12H23N3. The van der Waals surface area contributed by atoms with Crippen LogP contribution >= 0.6 is 0 Å². The first kappa shape index (κ1) is 12.2. The minimum Gasteiger partial charge on any atom is -0.333 e. The Balaban J connectivity index is 2.45. The van der Waals surface area contributed by atoms with Crippen molar-refractivity contribution in [2.75, 3.05) is 6.54 Å². The Labute approximate surface area is 92.9 Å². The molecule has 0 spiro atoms. The minimum absolute atomic E-state index is 0.726. The van der Waals surface area contributed by atoms with Gasteiger partial charge >= 0.3 is 0 Å². The number of imidazole rings is 1. The molecule has 1 unspecified atom stereocenters. The quantitative estimate of drug-likeness (QED) is 0.699. The standard InChI is InChI=1S/C12H23N3/c1-4-6-13-7-12-8-14-10-15(12)9-11(3)5-2/h8,10-11,13H,4-7,9H2,1-3H3. The maximum atomic E-state index is 4.21. The third-order valence-electron chi connectivity index (χ3n) is 2.74. The molecule has 1 atom stereocenters. The van der Waals surface area contributed by atoms with Crippen LogP contribution in [0, 0.1) is 5.92 Å². The third kappa shape index (κ3) is 4.04. The van der Waals surface area contributed by atoms with Gasteiger partial charge in [-0.2, -0.15) is 0 Å². The van der Waals surface area contributed by atoms with Gasteiger partial charge in [0, 0.05) is 19.3 Å². The Morgan fingerprint density at radius 1 is 1.47 bits per heavy atom. The van der Waals surface area contributed by atoms with Crippen LogP contribution in [0.2, 0.25) is 0 Å².